The molecule has 0 bridgehead atoms. The summed E-state index contributed by atoms with van der Waals surface area (Å²) in [5, 5.41) is 11.1. The summed E-state index contributed by atoms with van der Waals surface area (Å²) in [7, 11) is 0. The monoisotopic (exact) mass is 343 g/mol. The Morgan fingerprint density at radius 3 is 2.65 bits per heavy atom. The van der Waals surface area contributed by atoms with Crippen molar-refractivity contribution in [3.8, 4) is 11.5 Å². The summed E-state index contributed by atoms with van der Waals surface area (Å²) in [5.41, 5.74) is -0.0719. The molecule has 0 spiro atoms. The van der Waals surface area contributed by atoms with Gasteiger partial charge < -0.3 is 4.74 Å². The van der Waals surface area contributed by atoms with E-state index in [1.165, 1.54) is 18.2 Å². The van der Waals surface area contributed by atoms with Crippen LogP contribution < -0.4 is 4.74 Å². The van der Waals surface area contributed by atoms with Gasteiger partial charge in [0, 0.05) is 17.0 Å². The van der Waals surface area contributed by atoms with Crippen LogP contribution in [-0.2, 0) is 5.33 Å². The number of nitro benzene ring substituents is 1. The minimum Gasteiger partial charge on any atom is -0.447 e. The van der Waals surface area contributed by atoms with Gasteiger partial charge in [0.1, 0.15) is 11.6 Å². The first-order valence-electron chi connectivity index (χ1n) is 5.48. The first kappa shape index (κ1) is 14.4. The molecule has 20 heavy (non-hydrogen) atoms. The van der Waals surface area contributed by atoms with E-state index in [1.807, 2.05) is 0 Å². The van der Waals surface area contributed by atoms with Crippen molar-refractivity contribution in [2.24, 2.45) is 0 Å². The quantitative estimate of drug-likeness (QED) is 0.464. The Kier molecular flexibility index (Phi) is 4.29. The van der Waals surface area contributed by atoms with Crippen molar-refractivity contribution in [2.75, 3.05) is 0 Å². The molecule has 2 rings (SSSR count). The fourth-order valence-corrected chi connectivity index (χ4v) is 2.04. The highest BCUT2D eigenvalue weighted by atomic mass is 79.9. The molecular formula is C13H8BrF2NO3. The molecule has 0 heterocycles. The lowest BCUT2D eigenvalue weighted by molar-refractivity contribution is -0.385. The summed E-state index contributed by atoms with van der Waals surface area (Å²) in [6, 6.07) is 7.04. The molecule has 104 valence electrons. The number of hydrogen-bond acceptors (Lipinski definition) is 3. The van der Waals surface area contributed by atoms with Gasteiger partial charge in [0.25, 0.3) is 0 Å². The fraction of sp³-hybridized carbons (Fsp3) is 0.0769. The molecule has 0 aromatic heterocycles. The molecule has 0 radical (unpaired) electrons. The molecule has 2 aromatic carbocycles. The molecule has 4 nitrogen and oxygen atoms in total. The highest BCUT2D eigenvalue weighted by Crippen LogP contribution is 2.35. The molecule has 0 unspecified atom stereocenters. The van der Waals surface area contributed by atoms with Gasteiger partial charge in [-0.15, -0.1) is 0 Å². The van der Waals surface area contributed by atoms with Gasteiger partial charge >= 0.3 is 5.69 Å². The van der Waals surface area contributed by atoms with Gasteiger partial charge in [-0.3, -0.25) is 10.1 Å². The molecule has 0 aliphatic rings. The SMILES string of the molecule is O=[N+]([O-])c1cccc(F)c1Oc1ccc(F)cc1CBr. The number of ether oxygens (including phenoxy) is 1. The van der Waals surface area contributed by atoms with Crippen LogP contribution >= 0.6 is 15.9 Å². The molecule has 0 N–H and O–H groups in total. The van der Waals surface area contributed by atoms with Crippen LogP contribution in [0.25, 0.3) is 0 Å². The maximum absolute atomic E-state index is 13.7. The zero-order valence-electron chi connectivity index (χ0n) is 9.98. The van der Waals surface area contributed by atoms with Crippen LogP contribution in [0.15, 0.2) is 36.4 Å². The van der Waals surface area contributed by atoms with Crippen LogP contribution in [0.3, 0.4) is 0 Å². The van der Waals surface area contributed by atoms with E-state index in [-0.39, 0.29) is 11.1 Å². The van der Waals surface area contributed by atoms with E-state index >= 15 is 0 Å². The molecule has 0 aliphatic heterocycles. The number of rotatable bonds is 4. The van der Waals surface area contributed by atoms with Crippen molar-refractivity contribution in [1.82, 2.24) is 0 Å². The number of benzene rings is 2. The van der Waals surface area contributed by atoms with Gasteiger partial charge in [-0.2, -0.15) is 0 Å². The van der Waals surface area contributed by atoms with E-state index in [0.717, 1.165) is 18.2 Å². The predicted octanol–water partition coefficient (Wildman–Crippen LogP) is 4.56. The Morgan fingerprint density at radius 1 is 1.25 bits per heavy atom. The molecule has 0 amide bonds. The zero-order chi connectivity index (χ0) is 14.7. The third-order valence-corrected chi connectivity index (χ3v) is 3.13. The number of hydrogen-bond donors (Lipinski definition) is 0. The maximum atomic E-state index is 13.7. The van der Waals surface area contributed by atoms with Gasteiger partial charge in [-0.25, -0.2) is 8.78 Å². The lowest BCUT2D eigenvalue weighted by Crippen LogP contribution is -1.98. The van der Waals surface area contributed by atoms with E-state index in [0.29, 0.717) is 5.56 Å². The predicted molar refractivity (Wildman–Crippen MR) is 72.2 cm³/mol. The standard InChI is InChI=1S/C13H8BrF2NO3/c14-7-8-6-9(15)4-5-12(8)20-13-10(16)2-1-3-11(13)17(18)19/h1-6H,7H2. The van der Waals surface area contributed by atoms with Gasteiger partial charge in [0.05, 0.1) is 4.92 Å². The molecule has 0 fully saturated rings. The molecule has 0 saturated carbocycles. The Balaban J connectivity index is 2.47. The minimum absolute atomic E-state index is 0.150. The summed E-state index contributed by atoms with van der Waals surface area (Å²) in [6.45, 7) is 0. The highest BCUT2D eigenvalue weighted by molar-refractivity contribution is 9.08. The van der Waals surface area contributed by atoms with Crippen LogP contribution in [0.2, 0.25) is 0 Å². The zero-order valence-corrected chi connectivity index (χ0v) is 11.6. The summed E-state index contributed by atoms with van der Waals surface area (Å²) >= 11 is 3.15. The average Bonchev–Trinajstić information content (AvgIpc) is 2.42. The molecule has 7 heteroatoms. The summed E-state index contributed by atoms with van der Waals surface area (Å²) in [4.78, 5) is 10.1. The third-order valence-electron chi connectivity index (χ3n) is 2.52. The van der Waals surface area contributed by atoms with Crippen LogP contribution in [0, 0.1) is 21.7 Å². The number of nitrogens with zero attached hydrogens (tertiary/aromatic N) is 1. The van der Waals surface area contributed by atoms with E-state index in [4.69, 9.17) is 4.74 Å². The van der Waals surface area contributed by atoms with Crippen LogP contribution in [0.1, 0.15) is 5.56 Å². The van der Waals surface area contributed by atoms with Gasteiger partial charge in [0.2, 0.25) is 5.75 Å². The molecule has 0 aliphatic carbocycles. The topological polar surface area (TPSA) is 52.4 Å². The normalized spacial score (nSPS) is 10.3. The maximum Gasteiger partial charge on any atom is 0.314 e. The number of nitro groups is 1. The second-order valence-corrected chi connectivity index (χ2v) is 4.39. The van der Waals surface area contributed by atoms with Crippen LogP contribution in [0.4, 0.5) is 14.5 Å². The minimum atomic E-state index is -0.857. The molecular weight excluding hydrogens is 336 g/mol. The Bertz CT molecular complexity index is 664. The number of para-hydroxylation sites is 1. The largest absolute Gasteiger partial charge is 0.447 e. The Morgan fingerprint density at radius 2 is 2.00 bits per heavy atom. The van der Waals surface area contributed by atoms with Crippen LogP contribution in [-0.4, -0.2) is 4.92 Å². The second kappa shape index (κ2) is 5.96. The van der Waals surface area contributed by atoms with Crippen molar-refractivity contribution in [2.45, 2.75) is 5.33 Å². The van der Waals surface area contributed by atoms with Gasteiger partial charge in [0.15, 0.2) is 5.82 Å². The van der Waals surface area contributed by atoms with Crippen molar-refractivity contribution in [3.05, 3.63) is 63.7 Å². The summed E-state index contributed by atoms with van der Waals surface area (Å²) in [5.74, 6) is -1.68. The Labute approximate surface area is 121 Å². The molecule has 0 atom stereocenters. The van der Waals surface area contributed by atoms with E-state index in [2.05, 4.69) is 15.9 Å². The van der Waals surface area contributed by atoms with E-state index < -0.39 is 28.0 Å². The van der Waals surface area contributed by atoms with Crippen molar-refractivity contribution < 1.29 is 18.4 Å². The third kappa shape index (κ3) is 2.93. The molecule has 0 saturated heterocycles. The lowest BCUT2D eigenvalue weighted by Gasteiger charge is -2.10. The lowest BCUT2D eigenvalue weighted by atomic mass is 10.2. The molecule has 2 aromatic rings. The number of halogens is 3. The second-order valence-electron chi connectivity index (χ2n) is 3.83. The highest BCUT2D eigenvalue weighted by Gasteiger charge is 2.21. The first-order chi connectivity index (χ1) is 9.52. The van der Waals surface area contributed by atoms with E-state index in [1.54, 1.807) is 0 Å². The van der Waals surface area contributed by atoms with Gasteiger partial charge in [-0.05, 0) is 24.3 Å². The van der Waals surface area contributed by atoms with Crippen molar-refractivity contribution in [1.29, 1.82) is 0 Å². The smallest absolute Gasteiger partial charge is 0.314 e. The van der Waals surface area contributed by atoms with Crippen molar-refractivity contribution in [3.63, 3.8) is 0 Å². The van der Waals surface area contributed by atoms with Gasteiger partial charge in [-0.1, -0.05) is 22.0 Å². The van der Waals surface area contributed by atoms with Crippen molar-refractivity contribution >= 4 is 21.6 Å². The Hall–Kier alpha value is -2.02. The van der Waals surface area contributed by atoms with E-state index in [9.17, 15) is 18.9 Å². The average molecular weight is 344 g/mol. The first-order valence-corrected chi connectivity index (χ1v) is 6.60. The summed E-state index contributed by atoms with van der Waals surface area (Å²) in [6.07, 6.45) is 0. The fourth-order valence-electron chi connectivity index (χ4n) is 1.60. The number of alkyl halides is 1. The summed E-state index contributed by atoms with van der Waals surface area (Å²) < 4.78 is 32.1. The van der Waals surface area contributed by atoms with Crippen LogP contribution in [0.5, 0.6) is 11.5 Å².